The molecule has 0 atom stereocenters. The van der Waals surface area contributed by atoms with Crippen molar-refractivity contribution in [3.63, 3.8) is 0 Å². The van der Waals surface area contributed by atoms with E-state index >= 15 is 0 Å². The summed E-state index contributed by atoms with van der Waals surface area (Å²) in [5.74, 6) is 0. The van der Waals surface area contributed by atoms with E-state index in [2.05, 4.69) is 34.2 Å². The fourth-order valence-corrected chi connectivity index (χ4v) is 4.11. The monoisotopic (exact) mass is 589 g/mol. The molecule has 32 heavy (non-hydrogen) atoms. The summed E-state index contributed by atoms with van der Waals surface area (Å²) in [5, 5.41) is 5.73. The van der Waals surface area contributed by atoms with Gasteiger partial charge in [0.15, 0.2) is 0 Å². The largest absolute Gasteiger partial charge is 0.476 e. The van der Waals surface area contributed by atoms with Crippen LogP contribution in [0.4, 0.5) is 0 Å². The van der Waals surface area contributed by atoms with Gasteiger partial charge in [-0.25, -0.2) is 0 Å². The van der Waals surface area contributed by atoms with E-state index in [9.17, 15) is 0 Å². The maximum Gasteiger partial charge on any atom is 0.124 e. The van der Waals surface area contributed by atoms with Crippen molar-refractivity contribution in [2.75, 3.05) is 0 Å². The molecular formula is C28H16IrN2O-2. The summed E-state index contributed by atoms with van der Waals surface area (Å²) >= 11 is 0. The first-order valence-electron chi connectivity index (χ1n) is 10.1. The quantitative estimate of drug-likeness (QED) is 0.152. The van der Waals surface area contributed by atoms with Gasteiger partial charge in [-0.05, 0) is 45.6 Å². The second-order valence-corrected chi connectivity index (χ2v) is 7.26. The molecule has 4 aromatic carbocycles. The standard InChI is InChI=1S/C17H8NO.C11H8N.Ir/c1-4-10-11-6-3-9-18-17(11)12-5-2-8-14-16(12)15(10)13(7-1)19-14;1-2-6-10(7-3-1)11-8-4-5-9-12-11;/h1-4,6-9H;1-6,8-9H;/q2*-1;. The van der Waals surface area contributed by atoms with Crippen LogP contribution in [0.3, 0.4) is 0 Å². The molecule has 0 unspecified atom stereocenters. The molecule has 155 valence electrons. The zero-order valence-electron chi connectivity index (χ0n) is 16.9. The minimum atomic E-state index is 0. The summed E-state index contributed by atoms with van der Waals surface area (Å²) in [6, 6.07) is 34.3. The molecule has 3 heterocycles. The van der Waals surface area contributed by atoms with Crippen LogP contribution in [0.15, 0.2) is 102 Å². The Kier molecular flexibility index (Phi) is 5.40. The Bertz CT molecular complexity index is 1500. The van der Waals surface area contributed by atoms with Crippen molar-refractivity contribution < 1.29 is 24.5 Å². The Morgan fingerprint density at radius 3 is 2.31 bits per heavy atom. The number of hydrogen-bond acceptors (Lipinski definition) is 3. The van der Waals surface area contributed by atoms with Crippen molar-refractivity contribution in [2.45, 2.75) is 0 Å². The van der Waals surface area contributed by atoms with Gasteiger partial charge in [0.1, 0.15) is 5.58 Å². The molecule has 0 aliphatic heterocycles. The van der Waals surface area contributed by atoms with Gasteiger partial charge in [-0.15, -0.1) is 53.4 Å². The van der Waals surface area contributed by atoms with Crippen LogP contribution in [0.1, 0.15) is 0 Å². The van der Waals surface area contributed by atoms with E-state index in [1.54, 1.807) is 6.20 Å². The Morgan fingerprint density at radius 1 is 0.625 bits per heavy atom. The third-order valence-electron chi connectivity index (χ3n) is 5.44. The number of fused-ring (bicyclic) bond motifs is 3. The number of rotatable bonds is 1. The molecule has 0 fully saturated rings. The van der Waals surface area contributed by atoms with Crippen LogP contribution in [0, 0.1) is 12.1 Å². The molecule has 0 saturated carbocycles. The summed E-state index contributed by atoms with van der Waals surface area (Å²) in [6.45, 7) is 0. The Labute approximate surface area is 198 Å². The predicted molar refractivity (Wildman–Crippen MR) is 125 cm³/mol. The van der Waals surface area contributed by atoms with Crippen LogP contribution in [-0.4, -0.2) is 9.97 Å². The molecule has 4 heteroatoms. The van der Waals surface area contributed by atoms with Crippen molar-refractivity contribution in [1.82, 2.24) is 9.97 Å². The number of furan rings is 1. The predicted octanol–water partition coefficient (Wildman–Crippen LogP) is 7.07. The van der Waals surface area contributed by atoms with Crippen molar-refractivity contribution in [2.24, 2.45) is 0 Å². The van der Waals surface area contributed by atoms with Crippen LogP contribution >= 0.6 is 0 Å². The van der Waals surface area contributed by atoms with Gasteiger partial charge in [0.2, 0.25) is 0 Å². The minimum Gasteiger partial charge on any atom is -0.476 e. The van der Waals surface area contributed by atoms with Crippen molar-refractivity contribution in [1.29, 1.82) is 0 Å². The third-order valence-corrected chi connectivity index (χ3v) is 5.44. The molecular weight excluding hydrogens is 573 g/mol. The second-order valence-electron chi connectivity index (χ2n) is 7.26. The maximum atomic E-state index is 5.94. The average molecular weight is 589 g/mol. The van der Waals surface area contributed by atoms with Gasteiger partial charge in [0.05, 0.1) is 5.58 Å². The van der Waals surface area contributed by atoms with Crippen LogP contribution in [0.2, 0.25) is 0 Å². The Hall–Kier alpha value is -3.59. The summed E-state index contributed by atoms with van der Waals surface area (Å²) in [7, 11) is 0. The molecule has 1 radical (unpaired) electrons. The summed E-state index contributed by atoms with van der Waals surface area (Å²) in [6.07, 6.45) is 3.62. The van der Waals surface area contributed by atoms with Gasteiger partial charge in [0, 0.05) is 32.5 Å². The van der Waals surface area contributed by atoms with Gasteiger partial charge in [-0.1, -0.05) is 41.8 Å². The van der Waals surface area contributed by atoms with E-state index < -0.39 is 0 Å². The molecule has 3 nitrogen and oxygen atoms in total. The normalized spacial score (nSPS) is 10.9. The van der Waals surface area contributed by atoms with Crippen LogP contribution < -0.4 is 0 Å². The Morgan fingerprint density at radius 2 is 1.47 bits per heavy atom. The molecule has 0 spiro atoms. The second kappa shape index (κ2) is 8.51. The number of hydrogen-bond donors (Lipinski definition) is 0. The number of benzene rings is 4. The molecule has 3 aromatic heterocycles. The molecule has 0 N–H and O–H groups in total. The SMILES string of the molecule is [Ir].[c-]1ccc2oc3cccc4c5cccnc5c1c2c34.[c-]1ccccc1-c1ccccn1. The van der Waals surface area contributed by atoms with Gasteiger partial charge in [0.25, 0.3) is 0 Å². The van der Waals surface area contributed by atoms with E-state index in [1.807, 2.05) is 79.0 Å². The zero-order chi connectivity index (χ0) is 20.6. The van der Waals surface area contributed by atoms with Gasteiger partial charge in [-0.2, -0.15) is 0 Å². The van der Waals surface area contributed by atoms with E-state index in [0.29, 0.717) is 0 Å². The van der Waals surface area contributed by atoms with Crippen LogP contribution in [0.5, 0.6) is 0 Å². The van der Waals surface area contributed by atoms with E-state index in [4.69, 9.17) is 4.42 Å². The van der Waals surface area contributed by atoms with Crippen LogP contribution in [-0.2, 0) is 20.1 Å². The topological polar surface area (TPSA) is 38.9 Å². The maximum absolute atomic E-state index is 5.94. The number of nitrogens with zero attached hydrogens (tertiary/aromatic N) is 2. The smallest absolute Gasteiger partial charge is 0.124 e. The van der Waals surface area contributed by atoms with E-state index in [-0.39, 0.29) is 20.1 Å². The fourth-order valence-electron chi connectivity index (χ4n) is 4.11. The average Bonchev–Trinajstić information content (AvgIpc) is 3.25. The Balaban J connectivity index is 0.000000145. The third kappa shape index (κ3) is 3.34. The van der Waals surface area contributed by atoms with Crippen molar-refractivity contribution >= 4 is 43.6 Å². The zero-order valence-corrected chi connectivity index (χ0v) is 19.3. The number of aromatic nitrogens is 2. The first-order chi connectivity index (χ1) is 15.4. The minimum absolute atomic E-state index is 0. The summed E-state index contributed by atoms with van der Waals surface area (Å²) in [4.78, 5) is 8.75. The van der Waals surface area contributed by atoms with E-state index in [0.717, 1.165) is 44.1 Å². The van der Waals surface area contributed by atoms with Gasteiger partial charge >= 0.3 is 0 Å². The molecule has 7 rings (SSSR count). The first kappa shape index (κ1) is 20.3. The van der Waals surface area contributed by atoms with Crippen molar-refractivity contribution in [3.8, 4) is 11.3 Å². The molecule has 0 amide bonds. The molecule has 0 bridgehead atoms. The van der Waals surface area contributed by atoms with Crippen molar-refractivity contribution in [3.05, 3.63) is 109 Å². The van der Waals surface area contributed by atoms with E-state index in [1.165, 1.54) is 10.8 Å². The number of pyridine rings is 2. The summed E-state index contributed by atoms with van der Waals surface area (Å²) in [5.41, 5.74) is 4.85. The van der Waals surface area contributed by atoms with Gasteiger partial charge in [-0.3, -0.25) is 0 Å². The van der Waals surface area contributed by atoms with Gasteiger partial charge < -0.3 is 14.4 Å². The first-order valence-corrected chi connectivity index (χ1v) is 10.1. The molecule has 0 aliphatic carbocycles. The molecule has 0 saturated heterocycles. The fraction of sp³-hybridized carbons (Fsp3) is 0. The molecule has 0 aliphatic rings. The summed E-state index contributed by atoms with van der Waals surface area (Å²) < 4.78 is 5.94. The molecule has 7 aromatic rings. The van der Waals surface area contributed by atoms with Crippen LogP contribution in [0.25, 0.3) is 54.9 Å².